The number of nitrogens with zero attached hydrogens (tertiary/aromatic N) is 2. The molecule has 0 bridgehead atoms. The molecule has 3 heteroatoms. The molecule has 19 heavy (non-hydrogen) atoms. The van der Waals surface area contributed by atoms with Crippen LogP contribution in [0.4, 0.5) is 5.95 Å². The van der Waals surface area contributed by atoms with Gasteiger partial charge in [-0.05, 0) is 44.0 Å². The maximum atomic E-state index is 6.11. The minimum atomic E-state index is 0.538. The second-order valence-electron chi connectivity index (χ2n) is 5.04. The minimum Gasteiger partial charge on any atom is -0.369 e. The second kappa shape index (κ2) is 4.12. The van der Waals surface area contributed by atoms with E-state index in [4.69, 9.17) is 5.73 Å². The SMILES string of the molecule is Cc1cc(C)c(-n2c(N)nc3ccccc32)c(C)c1. The summed E-state index contributed by atoms with van der Waals surface area (Å²) in [7, 11) is 0. The maximum Gasteiger partial charge on any atom is 0.205 e. The molecule has 0 aliphatic carbocycles. The van der Waals surface area contributed by atoms with Gasteiger partial charge in [-0.15, -0.1) is 0 Å². The van der Waals surface area contributed by atoms with Crippen LogP contribution in [-0.4, -0.2) is 9.55 Å². The van der Waals surface area contributed by atoms with Crippen LogP contribution in [0.25, 0.3) is 16.7 Å². The molecule has 0 radical (unpaired) electrons. The van der Waals surface area contributed by atoms with Crippen LogP contribution < -0.4 is 5.73 Å². The van der Waals surface area contributed by atoms with Crippen molar-refractivity contribution in [1.29, 1.82) is 0 Å². The Balaban J connectivity index is 2.40. The number of hydrogen-bond acceptors (Lipinski definition) is 2. The summed E-state index contributed by atoms with van der Waals surface area (Å²) >= 11 is 0. The van der Waals surface area contributed by atoms with Crippen molar-refractivity contribution in [2.24, 2.45) is 0 Å². The van der Waals surface area contributed by atoms with Gasteiger partial charge >= 0.3 is 0 Å². The fourth-order valence-electron chi connectivity index (χ4n) is 2.80. The number of fused-ring (bicyclic) bond motifs is 1. The summed E-state index contributed by atoms with van der Waals surface area (Å²) in [6.45, 7) is 6.34. The van der Waals surface area contributed by atoms with Crippen molar-refractivity contribution in [3.05, 3.63) is 53.1 Å². The Morgan fingerprint density at radius 2 is 1.63 bits per heavy atom. The molecule has 0 atom stereocenters. The number of para-hydroxylation sites is 2. The summed E-state index contributed by atoms with van der Waals surface area (Å²) in [5, 5.41) is 0. The van der Waals surface area contributed by atoms with Crippen molar-refractivity contribution >= 4 is 17.0 Å². The third kappa shape index (κ3) is 1.78. The van der Waals surface area contributed by atoms with Gasteiger partial charge in [0, 0.05) is 0 Å². The summed E-state index contributed by atoms with van der Waals surface area (Å²) in [6.07, 6.45) is 0. The molecule has 2 N–H and O–H groups in total. The zero-order valence-electron chi connectivity index (χ0n) is 11.4. The van der Waals surface area contributed by atoms with Crippen molar-refractivity contribution < 1.29 is 0 Å². The first-order valence-corrected chi connectivity index (χ1v) is 6.39. The van der Waals surface area contributed by atoms with Crippen LogP contribution in [0.2, 0.25) is 0 Å². The van der Waals surface area contributed by atoms with E-state index in [9.17, 15) is 0 Å². The number of nitrogens with two attached hydrogens (primary N) is 1. The average Bonchev–Trinajstić information content (AvgIpc) is 2.65. The van der Waals surface area contributed by atoms with Gasteiger partial charge in [0.25, 0.3) is 0 Å². The van der Waals surface area contributed by atoms with Crippen molar-refractivity contribution in [3.63, 3.8) is 0 Å². The molecular formula is C16H17N3. The Labute approximate surface area is 112 Å². The molecule has 0 saturated carbocycles. The number of imidazole rings is 1. The maximum absolute atomic E-state index is 6.11. The number of hydrogen-bond donors (Lipinski definition) is 1. The Morgan fingerprint density at radius 1 is 1.00 bits per heavy atom. The van der Waals surface area contributed by atoms with E-state index in [2.05, 4.69) is 44.0 Å². The number of anilines is 1. The lowest BCUT2D eigenvalue weighted by Gasteiger charge is -2.14. The first-order chi connectivity index (χ1) is 9.08. The zero-order chi connectivity index (χ0) is 13.6. The van der Waals surface area contributed by atoms with E-state index < -0.39 is 0 Å². The van der Waals surface area contributed by atoms with Crippen LogP contribution in [0.5, 0.6) is 0 Å². The number of aryl methyl sites for hydroxylation is 3. The molecule has 0 amide bonds. The average molecular weight is 251 g/mol. The van der Waals surface area contributed by atoms with Crippen LogP contribution in [0.3, 0.4) is 0 Å². The molecule has 96 valence electrons. The van der Waals surface area contributed by atoms with Gasteiger partial charge in [-0.1, -0.05) is 29.8 Å². The quantitative estimate of drug-likeness (QED) is 0.719. The van der Waals surface area contributed by atoms with Gasteiger partial charge in [-0.2, -0.15) is 0 Å². The van der Waals surface area contributed by atoms with Crippen LogP contribution in [0, 0.1) is 20.8 Å². The lowest BCUT2D eigenvalue weighted by atomic mass is 10.0. The molecule has 1 aromatic heterocycles. The van der Waals surface area contributed by atoms with E-state index in [1.165, 1.54) is 16.7 Å². The van der Waals surface area contributed by atoms with E-state index in [0.717, 1.165) is 16.7 Å². The van der Waals surface area contributed by atoms with Gasteiger partial charge in [0.15, 0.2) is 0 Å². The molecular weight excluding hydrogens is 234 g/mol. The fraction of sp³-hybridized carbons (Fsp3) is 0.188. The Bertz CT molecular complexity index is 746. The van der Waals surface area contributed by atoms with Crippen molar-refractivity contribution in [2.75, 3.05) is 5.73 Å². The van der Waals surface area contributed by atoms with Crippen LogP contribution >= 0.6 is 0 Å². The zero-order valence-corrected chi connectivity index (χ0v) is 11.4. The Hall–Kier alpha value is -2.29. The molecule has 3 aromatic rings. The molecule has 3 rings (SSSR count). The number of aromatic nitrogens is 2. The first kappa shape index (κ1) is 11.8. The highest BCUT2D eigenvalue weighted by atomic mass is 15.2. The number of nitrogen functional groups attached to an aromatic ring is 1. The topological polar surface area (TPSA) is 43.8 Å². The highest BCUT2D eigenvalue weighted by Gasteiger charge is 2.13. The predicted octanol–water partition coefficient (Wildman–Crippen LogP) is 3.53. The molecule has 0 unspecified atom stereocenters. The van der Waals surface area contributed by atoms with Crippen molar-refractivity contribution in [2.45, 2.75) is 20.8 Å². The Morgan fingerprint density at radius 3 is 2.32 bits per heavy atom. The van der Waals surface area contributed by atoms with Crippen molar-refractivity contribution in [3.8, 4) is 5.69 Å². The second-order valence-corrected chi connectivity index (χ2v) is 5.04. The van der Waals surface area contributed by atoms with Gasteiger partial charge < -0.3 is 5.73 Å². The molecule has 0 aliphatic rings. The summed E-state index contributed by atoms with van der Waals surface area (Å²) in [5.41, 5.74) is 12.9. The van der Waals surface area contributed by atoms with E-state index in [1.807, 2.05) is 22.8 Å². The lowest BCUT2D eigenvalue weighted by Crippen LogP contribution is -2.05. The normalized spacial score (nSPS) is 11.1. The fourth-order valence-corrected chi connectivity index (χ4v) is 2.80. The highest BCUT2D eigenvalue weighted by Crippen LogP contribution is 2.28. The van der Waals surface area contributed by atoms with Crippen LogP contribution in [-0.2, 0) is 0 Å². The smallest absolute Gasteiger partial charge is 0.205 e. The number of rotatable bonds is 1. The van der Waals surface area contributed by atoms with Gasteiger partial charge in [-0.25, -0.2) is 4.98 Å². The van der Waals surface area contributed by atoms with Gasteiger partial charge in [0.2, 0.25) is 5.95 Å². The monoisotopic (exact) mass is 251 g/mol. The molecule has 0 saturated heterocycles. The summed E-state index contributed by atoms with van der Waals surface area (Å²) in [5.74, 6) is 0.538. The third-order valence-corrected chi connectivity index (χ3v) is 3.45. The minimum absolute atomic E-state index is 0.538. The molecule has 1 heterocycles. The van der Waals surface area contributed by atoms with E-state index in [0.29, 0.717) is 5.95 Å². The van der Waals surface area contributed by atoms with Gasteiger partial charge in [0.1, 0.15) is 0 Å². The Kier molecular flexibility index (Phi) is 2.56. The molecule has 0 spiro atoms. The largest absolute Gasteiger partial charge is 0.369 e. The highest BCUT2D eigenvalue weighted by molar-refractivity contribution is 5.81. The van der Waals surface area contributed by atoms with Crippen LogP contribution in [0.1, 0.15) is 16.7 Å². The van der Waals surface area contributed by atoms with E-state index in [1.54, 1.807) is 0 Å². The van der Waals surface area contributed by atoms with Gasteiger partial charge in [0.05, 0.1) is 16.7 Å². The lowest BCUT2D eigenvalue weighted by molar-refractivity contribution is 1.06. The molecule has 0 aliphatic heterocycles. The predicted molar refractivity (Wildman–Crippen MR) is 79.7 cm³/mol. The van der Waals surface area contributed by atoms with Crippen LogP contribution in [0.15, 0.2) is 36.4 Å². The molecule has 2 aromatic carbocycles. The summed E-state index contributed by atoms with van der Waals surface area (Å²) in [4.78, 5) is 4.43. The first-order valence-electron chi connectivity index (χ1n) is 6.39. The molecule has 3 nitrogen and oxygen atoms in total. The summed E-state index contributed by atoms with van der Waals surface area (Å²) < 4.78 is 2.04. The third-order valence-electron chi connectivity index (χ3n) is 3.45. The van der Waals surface area contributed by atoms with E-state index >= 15 is 0 Å². The van der Waals surface area contributed by atoms with E-state index in [-0.39, 0.29) is 0 Å². The van der Waals surface area contributed by atoms with Crippen molar-refractivity contribution in [1.82, 2.24) is 9.55 Å². The standard InChI is InChI=1S/C16H17N3/c1-10-8-11(2)15(12(3)9-10)19-14-7-5-4-6-13(14)18-16(19)17/h4-9H,1-3H3,(H2,17,18). The number of benzene rings is 2. The summed E-state index contributed by atoms with van der Waals surface area (Å²) in [6, 6.07) is 12.4. The van der Waals surface area contributed by atoms with Gasteiger partial charge in [-0.3, -0.25) is 4.57 Å². The molecule has 0 fully saturated rings.